The summed E-state index contributed by atoms with van der Waals surface area (Å²) in [4.78, 5) is 19.6. The van der Waals surface area contributed by atoms with Gasteiger partial charge in [0.25, 0.3) is 0 Å². The average molecular weight is 310 g/mol. The number of benzene rings is 1. The first-order valence-corrected chi connectivity index (χ1v) is 8.31. The minimum Gasteiger partial charge on any atom is -0.497 e. The molecule has 0 N–H and O–H groups in total. The Kier molecular flexibility index (Phi) is 3.47. The van der Waals surface area contributed by atoms with Crippen LogP contribution in [0.5, 0.6) is 5.75 Å². The summed E-state index contributed by atoms with van der Waals surface area (Å²) in [6.45, 7) is 1.59. The second-order valence-corrected chi connectivity index (χ2v) is 6.76. The lowest BCUT2D eigenvalue weighted by atomic mass is 9.76. The number of ether oxygens (including phenoxy) is 1. The zero-order chi connectivity index (χ0) is 16.0. The Labute approximate surface area is 136 Å². The van der Waals surface area contributed by atoms with Gasteiger partial charge in [0.15, 0.2) is 5.84 Å². The predicted molar refractivity (Wildman–Crippen MR) is 89.9 cm³/mol. The number of Topliss-reactive ketones (excluding diaryl/α,β-unsaturated/α-hetero) is 1. The molecule has 120 valence electrons. The number of likely N-dealkylation sites (N-methyl/N-ethyl adjacent to an activating group) is 1. The summed E-state index contributed by atoms with van der Waals surface area (Å²) in [5, 5.41) is 0. The number of fused-ring (bicyclic) bond motifs is 2. The van der Waals surface area contributed by atoms with Gasteiger partial charge in [-0.15, -0.1) is 0 Å². The summed E-state index contributed by atoms with van der Waals surface area (Å²) in [6, 6.07) is 8.20. The maximum absolute atomic E-state index is 13.1. The fraction of sp³-hybridized carbons (Fsp3) is 0.474. The van der Waals surface area contributed by atoms with Crippen LogP contribution in [0.2, 0.25) is 0 Å². The molecule has 0 spiro atoms. The van der Waals surface area contributed by atoms with Crippen LogP contribution < -0.4 is 4.74 Å². The largest absolute Gasteiger partial charge is 0.497 e. The SMILES string of the molecule is COc1ccc(C2C3C=CC(C3)C2C(=O)C2=NCCN2C)cc1. The van der Waals surface area contributed by atoms with Crippen molar-refractivity contribution in [1.82, 2.24) is 4.90 Å². The van der Waals surface area contributed by atoms with E-state index in [4.69, 9.17) is 4.74 Å². The fourth-order valence-corrected chi connectivity index (χ4v) is 4.41. The minimum absolute atomic E-state index is 0.0256. The Hall–Kier alpha value is -2.10. The number of amidine groups is 1. The van der Waals surface area contributed by atoms with E-state index in [0.717, 1.165) is 25.3 Å². The first-order valence-electron chi connectivity index (χ1n) is 8.31. The Balaban J connectivity index is 1.66. The summed E-state index contributed by atoms with van der Waals surface area (Å²) < 4.78 is 5.26. The van der Waals surface area contributed by atoms with E-state index in [9.17, 15) is 4.79 Å². The number of rotatable bonds is 4. The van der Waals surface area contributed by atoms with Gasteiger partial charge in [0, 0.05) is 25.4 Å². The zero-order valence-electron chi connectivity index (χ0n) is 13.6. The van der Waals surface area contributed by atoms with Crippen molar-refractivity contribution in [2.75, 3.05) is 27.2 Å². The van der Waals surface area contributed by atoms with Crippen LogP contribution in [0.3, 0.4) is 0 Å². The van der Waals surface area contributed by atoms with Crippen LogP contribution in [-0.2, 0) is 4.79 Å². The van der Waals surface area contributed by atoms with Gasteiger partial charge in [0.05, 0.1) is 13.7 Å². The molecule has 4 heteroatoms. The third-order valence-electron chi connectivity index (χ3n) is 5.54. The molecule has 0 aromatic heterocycles. The van der Waals surface area contributed by atoms with Crippen LogP contribution in [0.1, 0.15) is 17.9 Å². The number of hydrogen-bond donors (Lipinski definition) is 0. The van der Waals surface area contributed by atoms with Crippen molar-refractivity contribution in [3.05, 3.63) is 42.0 Å². The van der Waals surface area contributed by atoms with Gasteiger partial charge in [-0.05, 0) is 36.0 Å². The molecule has 4 rings (SSSR count). The highest BCUT2D eigenvalue weighted by Crippen LogP contribution is 2.53. The van der Waals surface area contributed by atoms with Crippen molar-refractivity contribution >= 4 is 11.6 Å². The van der Waals surface area contributed by atoms with Crippen LogP contribution in [0.15, 0.2) is 41.4 Å². The summed E-state index contributed by atoms with van der Waals surface area (Å²) in [6.07, 6.45) is 5.62. The van der Waals surface area contributed by atoms with Gasteiger partial charge in [0.1, 0.15) is 5.75 Å². The third kappa shape index (κ3) is 2.28. The topological polar surface area (TPSA) is 41.9 Å². The van der Waals surface area contributed by atoms with Gasteiger partial charge in [-0.1, -0.05) is 24.3 Å². The van der Waals surface area contributed by atoms with Crippen LogP contribution in [0.25, 0.3) is 0 Å². The van der Waals surface area contributed by atoms with Crippen LogP contribution in [0.4, 0.5) is 0 Å². The van der Waals surface area contributed by atoms with E-state index in [1.165, 1.54) is 5.56 Å². The molecular formula is C19H22N2O2. The summed E-state index contributed by atoms with van der Waals surface area (Å²) in [5.41, 5.74) is 1.24. The molecule has 4 nitrogen and oxygen atoms in total. The Bertz CT molecular complexity index is 677. The van der Waals surface area contributed by atoms with Crippen molar-refractivity contribution in [3.8, 4) is 5.75 Å². The van der Waals surface area contributed by atoms with Gasteiger partial charge >= 0.3 is 0 Å². The lowest BCUT2D eigenvalue weighted by molar-refractivity contribution is -0.118. The van der Waals surface area contributed by atoms with Crippen molar-refractivity contribution < 1.29 is 9.53 Å². The van der Waals surface area contributed by atoms with Crippen molar-refractivity contribution in [2.45, 2.75) is 12.3 Å². The molecule has 1 heterocycles. The molecule has 3 aliphatic rings. The number of methoxy groups -OCH3 is 1. The molecule has 1 aliphatic heterocycles. The fourth-order valence-electron chi connectivity index (χ4n) is 4.41. The number of allylic oxidation sites excluding steroid dienone is 2. The maximum atomic E-state index is 13.1. The predicted octanol–water partition coefficient (Wildman–Crippen LogP) is 2.51. The first kappa shape index (κ1) is 14.5. The Morgan fingerprint density at radius 3 is 2.61 bits per heavy atom. The number of aliphatic imine (C=N–C) groups is 1. The second-order valence-electron chi connectivity index (χ2n) is 6.76. The maximum Gasteiger partial charge on any atom is 0.201 e. The quantitative estimate of drug-likeness (QED) is 0.803. The van der Waals surface area contributed by atoms with E-state index in [1.54, 1.807) is 7.11 Å². The van der Waals surface area contributed by atoms with E-state index in [-0.39, 0.29) is 17.6 Å². The summed E-state index contributed by atoms with van der Waals surface area (Å²) in [7, 11) is 3.64. The summed E-state index contributed by atoms with van der Waals surface area (Å²) in [5.74, 6) is 2.87. The molecule has 2 bridgehead atoms. The molecule has 1 aromatic rings. The number of carbonyl (C=O) groups excluding carboxylic acids is 1. The van der Waals surface area contributed by atoms with Gasteiger partial charge in [0.2, 0.25) is 5.78 Å². The van der Waals surface area contributed by atoms with Gasteiger partial charge < -0.3 is 9.64 Å². The number of hydrogen-bond acceptors (Lipinski definition) is 4. The number of carbonyl (C=O) groups is 1. The normalized spacial score (nSPS) is 31.6. The molecule has 1 saturated carbocycles. The van der Waals surface area contributed by atoms with E-state index >= 15 is 0 Å². The molecule has 1 aromatic carbocycles. The lowest BCUT2D eigenvalue weighted by Gasteiger charge is -2.28. The molecular weight excluding hydrogens is 288 g/mol. The molecule has 0 saturated heterocycles. The highest BCUT2D eigenvalue weighted by molar-refractivity contribution is 6.40. The number of nitrogens with zero attached hydrogens (tertiary/aromatic N) is 2. The van der Waals surface area contributed by atoms with E-state index in [1.807, 2.05) is 24.1 Å². The first-order chi connectivity index (χ1) is 11.2. The van der Waals surface area contributed by atoms with Crippen molar-refractivity contribution in [2.24, 2.45) is 22.7 Å². The molecule has 23 heavy (non-hydrogen) atoms. The summed E-state index contributed by atoms with van der Waals surface area (Å²) >= 11 is 0. The molecule has 4 unspecified atom stereocenters. The van der Waals surface area contributed by atoms with Gasteiger partial charge in [-0.3, -0.25) is 9.79 Å². The third-order valence-corrected chi connectivity index (χ3v) is 5.54. The lowest BCUT2D eigenvalue weighted by Crippen LogP contribution is -2.38. The molecule has 4 atom stereocenters. The van der Waals surface area contributed by atoms with Crippen molar-refractivity contribution in [1.29, 1.82) is 0 Å². The van der Waals surface area contributed by atoms with Gasteiger partial charge in [-0.2, -0.15) is 0 Å². The highest BCUT2D eigenvalue weighted by Gasteiger charge is 2.50. The Morgan fingerprint density at radius 2 is 1.96 bits per heavy atom. The Morgan fingerprint density at radius 1 is 1.22 bits per heavy atom. The van der Waals surface area contributed by atoms with Crippen LogP contribution >= 0.6 is 0 Å². The van der Waals surface area contributed by atoms with Crippen LogP contribution in [-0.4, -0.2) is 43.8 Å². The zero-order valence-corrected chi connectivity index (χ0v) is 13.6. The molecule has 1 fully saturated rings. The molecule has 0 amide bonds. The molecule has 0 radical (unpaired) electrons. The monoisotopic (exact) mass is 310 g/mol. The minimum atomic E-state index is 0.0256. The molecule has 2 aliphatic carbocycles. The van der Waals surface area contributed by atoms with E-state index in [0.29, 0.717) is 17.7 Å². The van der Waals surface area contributed by atoms with Gasteiger partial charge in [-0.25, -0.2) is 0 Å². The van der Waals surface area contributed by atoms with Crippen molar-refractivity contribution in [3.63, 3.8) is 0 Å². The standard InChI is InChI=1S/C19H22N2O2/c1-21-10-9-20-19(21)18(22)17-14-4-3-13(11-14)16(17)12-5-7-15(23-2)8-6-12/h3-8,13-14,16-17H,9-11H2,1-2H3. The van der Waals surface area contributed by atoms with E-state index < -0.39 is 0 Å². The number of ketones is 1. The highest BCUT2D eigenvalue weighted by atomic mass is 16.5. The van der Waals surface area contributed by atoms with E-state index in [2.05, 4.69) is 29.3 Å². The second kappa shape index (κ2) is 5.52. The average Bonchev–Trinajstić information content (AvgIpc) is 3.29. The van der Waals surface area contributed by atoms with Crippen LogP contribution in [0, 0.1) is 17.8 Å². The smallest absolute Gasteiger partial charge is 0.201 e.